The Hall–Kier alpha value is -4.83. The van der Waals surface area contributed by atoms with Crippen molar-refractivity contribution in [3.8, 4) is 17.2 Å². The molecule has 4 rings (SSSR count). The molecule has 0 saturated heterocycles. The molecule has 0 aliphatic heterocycles. The van der Waals surface area contributed by atoms with Crippen molar-refractivity contribution in [3.05, 3.63) is 113 Å². The van der Waals surface area contributed by atoms with Gasteiger partial charge in [-0.25, -0.2) is 0 Å². The fourth-order valence-electron chi connectivity index (χ4n) is 3.93. The number of carbonyl (C=O) groups is 2. The van der Waals surface area contributed by atoms with E-state index in [1.165, 1.54) is 0 Å². The lowest BCUT2D eigenvalue weighted by Crippen LogP contribution is -2.23. The zero-order valence-corrected chi connectivity index (χ0v) is 21.9. The highest BCUT2D eigenvalue weighted by Gasteiger charge is 2.18. The van der Waals surface area contributed by atoms with Crippen LogP contribution in [0, 0.1) is 18.3 Å². The first-order chi connectivity index (χ1) is 18.1. The van der Waals surface area contributed by atoms with E-state index in [0.29, 0.717) is 28.9 Å². The number of aryl methyl sites for hydroxylation is 1. The highest BCUT2D eigenvalue weighted by Crippen LogP contribution is 2.27. The topological polar surface area (TPSA) is 108 Å². The van der Waals surface area contributed by atoms with Crippen molar-refractivity contribution in [3.63, 3.8) is 0 Å². The Morgan fingerprint density at radius 3 is 2.34 bits per heavy atom. The van der Waals surface area contributed by atoms with Gasteiger partial charge in [-0.15, -0.1) is 0 Å². The first-order valence-electron chi connectivity index (χ1n) is 12.3. The molecule has 0 radical (unpaired) electrons. The number of hydrogen-bond acceptors (Lipinski definition) is 5. The third kappa shape index (κ3) is 6.29. The van der Waals surface area contributed by atoms with E-state index in [1.54, 1.807) is 30.6 Å². The summed E-state index contributed by atoms with van der Waals surface area (Å²) in [7, 11) is 0. The first-order valence-corrected chi connectivity index (χ1v) is 12.3. The van der Waals surface area contributed by atoms with Crippen molar-refractivity contribution in [1.82, 2.24) is 15.3 Å². The van der Waals surface area contributed by atoms with Crippen molar-refractivity contribution < 1.29 is 9.59 Å². The first kappa shape index (κ1) is 26.2. The molecule has 0 saturated carbocycles. The molecular weight excluding hydrogens is 474 g/mol. The molecule has 0 atom stereocenters. The molecule has 2 heterocycles. The van der Waals surface area contributed by atoms with Crippen LogP contribution >= 0.6 is 0 Å². The third-order valence-electron chi connectivity index (χ3n) is 6.15. The quantitative estimate of drug-likeness (QED) is 0.346. The molecule has 2 N–H and O–H groups in total. The highest BCUT2D eigenvalue weighted by molar-refractivity contribution is 6.05. The lowest BCUT2D eigenvalue weighted by Gasteiger charge is -2.20. The molecule has 0 unspecified atom stereocenters. The molecule has 2 aromatic carbocycles. The van der Waals surface area contributed by atoms with E-state index in [-0.39, 0.29) is 17.2 Å². The maximum Gasteiger partial charge on any atom is 0.255 e. The van der Waals surface area contributed by atoms with Crippen LogP contribution in [0.2, 0.25) is 0 Å². The Bertz CT molecular complexity index is 1520. The van der Waals surface area contributed by atoms with E-state index in [2.05, 4.69) is 26.7 Å². The average Bonchev–Trinajstić information content (AvgIpc) is 2.92. The minimum Gasteiger partial charge on any atom is -0.346 e. The standard InChI is InChI=1S/C31H29N5O2/c1-20-28(22-8-10-23(11-9-22)29(37)35-18-26-7-5-6-12-33-26)16-27(19-34-20)36-30(38)24-13-21(17-32)14-25(15-24)31(2,3)4/h5-16,19H,18H2,1-4H3,(H,35,37)(H,36,38). The Labute approximate surface area is 222 Å². The van der Waals surface area contributed by atoms with E-state index in [4.69, 9.17) is 0 Å². The smallest absolute Gasteiger partial charge is 0.255 e. The second kappa shape index (κ2) is 11.1. The number of benzene rings is 2. The summed E-state index contributed by atoms with van der Waals surface area (Å²) in [6.45, 7) is 8.35. The summed E-state index contributed by atoms with van der Waals surface area (Å²) in [5.74, 6) is -0.503. The molecule has 0 spiro atoms. The largest absolute Gasteiger partial charge is 0.346 e. The number of nitrogens with one attached hydrogen (secondary N) is 2. The molecule has 0 fully saturated rings. The van der Waals surface area contributed by atoms with Gasteiger partial charge in [-0.1, -0.05) is 39.0 Å². The van der Waals surface area contributed by atoms with Crippen molar-refractivity contribution >= 4 is 17.5 Å². The summed E-state index contributed by atoms with van der Waals surface area (Å²) in [4.78, 5) is 34.3. The normalized spacial score (nSPS) is 10.9. The van der Waals surface area contributed by atoms with E-state index < -0.39 is 0 Å². The van der Waals surface area contributed by atoms with Gasteiger partial charge < -0.3 is 10.6 Å². The maximum absolute atomic E-state index is 13.1. The summed E-state index contributed by atoms with van der Waals surface area (Å²) < 4.78 is 0. The molecule has 7 nitrogen and oxygen atoms in total. The summed E-state index contributed by atoms with van der Waals surface area (Å²) in [5, 5.41) is 15.2. The monoisotopic (exact) mass is 503 g/mol. The van der Waals surface area contributed by atoms with Crippen molar-refractivity contribution in [2.45, 2.75) is 39.7 Å². The van der Waals surface area contributed by atoms with E-state index in [9.17, 15) is 14.9 Å². The third-order valence-corrected chi connectivity index (χ3v) is 6.15. The molecule has 2 aromatic heterocycles. The number of anilines is 1. The fraction of sp³-hybridized carbons (Fsp3) is 0.194. The predicted octanol–water partition coefficient (Wildman–Crippen LogP) is 5.80. The van der Waals surface area contributed by atoms with Gasteiger partial charge in [-0.3, -0.25) is 19.6 Å². The molecule has 0 aliphatic carbocycles. The highest BCUT2D eigenvalue weighted by atomic mass is 16.2. The van der Waals surface area contributed by atoms with E-state index in [0.717, 1.165) is 28.1 Å². The summed E-state index contributed by atoms with van der Waals surface area (Å²) in [5.41, 5.74) is 5.91. The summed E-state index contributed by atoms with van der Waals surface area (Å²) in [6.07, 6.45) is 3.30. The number of nitriles is 1. The zero-order chi connectivity index (χ0) is 27.3. The zero-order valence-electron chi connectivity index (χ0n) is 21.9. The van der Waals surface area contributed by atoms with Crippen LogP contribution < -0.4 is 10.6 Å². The van der Waals surface area contributed by atoms with Crippen molar-refractivity contribution in [2.24, 2.45) is 0 Å². The minimum atomic E-state index is -0.316. The lowest BCUT2D eigenvalue weighted by atomic mass is 9.85. The molecule has 0 aliphatic rings. The number of rotatable bonds is 6. The van der Waals surface area contributed by atoms with Gasteiger partial charge in [-0.2, -0.15) is 5.26 Å². The van der Waals surface area contributed by atoms with Crippen molar-refractivity contribution in [1.29, 1.82) is 5.26 Å². The van der Waals surface area contributed by atoms with Crippen LogP contribution in [0.3, 0.4) is 0 Å². The molecule has 190 valence electrons. The van der Waals surface area contributed by atoms with Crippen LogP contribution in [-0.2, 0) is 12.0 Å². The second-order valence-electron chi connectivity index (χ2n) is 10.1. The van der Waals surface area contributed by atoms with E-state index >= 15 is 0 Å². The lowest BCUT2D eigenvalue weighted by molar-refractivity contribution is 0.0949. The summed E-state index contributed by atoms with van der Waals surface area (Å²) in [6, 6.07) is 22.0. The van der Waals surface area contributed by atoms with Gasteiger partial charge in [0, 0.05) is 28.6 Å². The van der Waals surface area contributed by atoms with Gasteiger partial charge in [0.1, 0.15) is 0 Å². The van der Waals surface area contributed by atoms with Gasteiger partial charge in [0.05, 0.1) is 35.8 Å². The van der Waals surface area contributed by atoms with Gasteiger partial charge in [0.25, 0.3) is 11.8 Å². The Kier molecular flexibility index (Phi) is 7.63. The molecule has 7 heteroatoms. The average molecular weight is 504 g/mol. The van der Waals surface area contributed by atoms with Crippen LogP contribution in [-0.4, -0.2) is 21.8 Å². The summed E-state index contributed by atoms with van der Waals surface area (Å²) >= 11 is 0. The second-order valence-corrected chi connectivity index (χ2v) is 10.1. The predicted molar refractivity (Wildman–Crippen MR) is 148 cm³/mol. The number of nitrogens with zero attached hydrogens (tertiary/aromatic N) is 3. The molecule has 0 bridgehead atoms. The number of pyridine rings is 2. The maximum atomic E-state index is 13.1. The SMILES string of the molecule is Cc1ncc(NC(=O)c2cc(C#N)cc(C(C)(C)C)c2)cc1-c1ccc(C(=O)NCc2ccccn2)cc1. The van der Waals surface area contributed by atoms with Crippen LogP contribution in [0.15, 0.2) is 79.1 Å². The van der Waals surface area contributed by atoms with Crippen LogP contribution in [0.25, 0.3) is 11.1 Å². The van der Waals surface area contributed by atoms with E-state index in [1.807, 2.05) is 76.2 Å². The number of hydrogen-bond donors (Lipinski definition) is 2. The van der Waals surface area contributed by atoms with Gasteiger partial charge >= 0.3 is 0 Å². The minimum absolute atomic E-state index is 0.188. The molecule has 38 heavy (non-hydrogen) atoms. The van der Waals surface area contributed by atoms with Crippen LogP contribution in [0.1, 0.15) is 64.0 Å². The van der Waals surface area contributed by atoms with Crippen molar-refractivity contribution in [2.75, 3.05) is 5.32 Å². The van der Waals surface area contributed by atoms with Crippen LogP contribution in [0.4, 0.5) is 5.69 Å². The van der Waals surface area contributed by atoms with Gasteiger partial charge in [0.2, 0.25) is 0 Å². The number of carbonyl (C=O) groups excluding carboxylic acids is 2. The molecule has 4 aromatic rings. The van der Waals surface area contributed by atoms with Gasteiger partial charge in [0.15, 0.2) is 0 Å². The molecular formula is C31H29N5O2. The Morgan fingerprint density at radius 2 is 1.68 bits per heavy atom. The fourth-order valence-corrected chi connectivity index (χ4v) is 3.93. The number of aromatic nitrogens is 2. The van der Waals surface area contributed by atoms with Gasteiger partial charge in [-0.05, 0) is 72.0 Å². The Balaban J connectivity index is 1.51. The van der Waals surface area contributed by atoms with Crippen LogP contribution in [0.5, 0.6) is 0 Å². The molecule has 2 amide bonds. The Morgan fingerprint density at radius 1 is 0.921 bits per heavy atom. The number of amides is 2.